The Hall–Kier alpha value is -2.17. The van der Waals surface area contributed by atoms with Gasteiger partial charge in [0.25, 0.3) is 0 Å². The summed E-state index contributed by atoms with van der Waals surface area (Å²) in [5.41, 5.74) is 1.64. The van der Waals surface area contributed by atoms with Crippen LogP contribution in [0, 0.1) is 5.82 Å². The van der Waals surface area contributed by atoms with Crippen LogP contribution in [0.2, 0.25) is 5.02 Å². The summed E-state index contributed by atoms with van der Waals surface area (Å²) in [6.07, 6.45) is 4.71. The highest BCUT2D eigenvalue weighted by Gasteiger charge is 2.34. The van der Waals surface area contributed by atoms with Gasteiger partial charge in [0, 0.05) is 36.3 Å². The summed E-state index contributed by atoms with van der Waals surface area (Å²) in [5, 5.41) is 3.68. The molecule has 0 aromatic heterocycles. The van der Waals surface area contributed by atoms with Gasteiger partial charge >= 0.3 is 0 Å². The molecule has 3 nitrogen and oxygen atoms in total. The first-order chi connectivity index (χ1) is 12.6. The van der Waals surface area contributed by atoms with E-state index in [1.165, 1.54) is 18.2 Å². The van der Waals surface area contributed by atoms with Gasteiger partial charge in [-0.15, -0.1) is 0 Å². The van der Waals surface area contributed by atoms with Gasteiger partial charge in [0.1, 0.15) is 5.82 Å². The highest BCUT2D eigenvalue weighted by molar-refractivity contribution is 6.30. The van der Waals surface area contributed by atoms with Crippen LogP contribution in [0.5, 0.6) is 0 Å². The number of carbonyl (C=O) groups excluding carboxylic acids is 1. The Morgan fingerprint density at radius 2 is 1.92 bits per heavy atom. The molecule has 1 saturated heterocycles. The lowest BCUT2D eigenvalue weighted by Gasteiger charge is -2.37. The lowest BCUT2D eigenvalue weighted by atomic mass is 9.74. The van der Waals surface area contributed by atoms with Crippen molar-refractivity contribution in [1.82, 2.24) is 5.32 Å². The van der Waals surface area contributed by atoms with Gasteiger partial charge < -0.3 is 10.1 Å². The summed E-state index contributed by atoms with van der Waals surface area (Å²) in [4.78, 5) is 12.2. The average molecular weight is 374 g/mol. The van der Waals surface area contributed by atoms with Gasteiger partial charge in [-0.05, 0) is 54.3 Å². The highest BCUT2D eigenvalue weighted by atomic mass is 35.5. The Bertz CT molecular complexity index is 783. The number of rotatable bonds is 5. The van der Waals surface area contributed by atoms with E-state index in [1.54, 1.807) is 18.2 Å². The monoisotopic (exact) mass is 373 g/mol. The maximum absolute atomic E-state index is 13.2. The van der Waals surface area contributed by atoms with Gasteiger partial charge in [-0.1, -0.05) is 35.9 Å². The first-order valence-electron chi connectivity index (χ1n) is 8.63. The fourth-order valence-electron chi connectivity index (χ4n) is 3.23. The van der Waals surface area contributed by atoms with Gasteiger partial charge in [0.05, 0.1) is 0 Å². The van der Waals surface area contributed by atoms with Crippen LogP contribution in [-0.2, 0) is 14.9 Å². The molecule has 1 N–H and O–H groups in total. The Kier molecular flexibility index (Phi) is 6.07. The van der Waals surface area contributed by atoms with E-state index in [2.05, 4.69) is 5.32 Å². The van der Waals surface area contributed by atoms with Crippen LogP contribution in [0.15, 0.2) is 54.6 Å². The third kappa shape index (κ3) is 4.71. The van der Waals surface area contributed by atoms with E-state index in [9.17, 15) is 9.18 Å². The second-order valence-corrected chi connectivity index (χ2v) is 6.94. The largest absolute Gasteiger partial charge is 0.381 e. The fourth-order valence-corrected chi connectivity index (χ4v) is 3.36. The van der Waals surface area contributed by atoms with Crippen LogP contribution >= 0.6 is 11.6 Å². The number of carbonyl (C=O) groups is 1. The van der Waals surface area contributed by atoms with Crippen molar-refractivity contribution in [3.63, 3.8) is 0 Å². The summed E-state index contributed by atoms with van der Waals surface area (Å²) in [6, 6.07) is 13.9. The van der Waals surface area contributed by atoms with Crippen molar-refractivity contribution < 1.29 is 13.9 Å². The summed E-state index contributed by atoms with van der Waals surface area (Å²) in [6.45, 7) is 1.85. The minimum atomic E-state index is -0.323. The first kappa shape index (κ1) is 18.6. The van der Waals surface area contributed by atoms with Gasteiger partial charge in [-0.25, -0.2) is 4.39 Å². The zero-order valence-corrected chi connectivity index (χ0v) is 15.1. The van der Waals surface area contributed by atoms with E-state index in [0.29, 0.717) is 30.3 Å². The molecule has 136 valence electrons. The molecule has 1 aliphatic rings. The van der Waals surface area contributed by atoms with E-state index in [4.69, 9.17) is 16.3 Å². The van der Waals surface area contributed by atoms with E-state index in [0.717, 1.165) is 18.4 Å². The minimum absolute atomic E-state index is 0.162. The third-order valence-electron chi connectivity index (χ3n) is 4.78. The Labute approximate surface area is 157 Å². The van der Waals surface area contributed by atoms with Gasteiger partial charge in [-0.2, -0.15) is 0 Å². The van der Waals surface area contributed by atoms with Gasteiger partial charge in [0.15, 0.2) is 0 Å². The number of amides is 1. The summed E-state index contributed by atoms with van der Waals surface area (Å²) in [5.74, 6) is -0.523. The summed E-state index contributed by atoms with van der Waals surface area (Å²) in [7, 11) is 0. The number of hydrogen-bond acceptors (Lipinski definition) is 2. The van der Waals surface area contributed by atoms with E-state index >= 15 is 0 Å². The molecule has 0 bridgehead atoms. The molecule has 0 atom stereocenters. The molecule has 2 aromatic rings. The maximum Gasteiger partial charge on any atom is 0.244 e. The topological polar surface area (TPSA) is 38.3 Å². The van der Waals surface area contributed by atoms with Crippen LogP contribution in [0.3, 0.4) is 0 Å². The number of hydrogen-bond donors (Lipinski definition) is 1. The van der Waals surface area contributed by atoms with E-state index < -0.39 is 0 Å². The minimum Gasteiger partial charge on any atom is -0.381 e. The van der Waals surface area contributed by atoms with Crippen molar-refractivity contribution in [2.75, 3.05) is 19.8 Å². The quantitative estimate of drug-likeness (QED) is 0.791. The molecule has 1 amide bonds. The van der Waals surface area contributed by atoms with Crippen molar-refractivity contribution in [2.45, 2.75) is 18.3 Å². The van der Waals surface area contributed by atoms with Crippen molar-refractivity contribution in [2.24, 2.45) is 0 Å². The molecule has 0 spiro atoms. The second kappa shape index (κ2) is 8.47. The molecule has 2 aromatic carbocycles. The van der Waals surface area contributed by atoms with Crippen molar-refractivity contribution in [3.05, 3.63) is 76.6 Å². The zero-order valence-electron chi connectivity index (χ0n) is 14.4. The molecule has 0 aliphatic carbocycles. The van der Waals surface area contributed by atoms with Crippen LogP contribution in [0.25, 0.3) is 6.08 Å². The SMILES string of the molecule is O=C(/C=C/c1cccc(F)c1)NCC1(c2ccc(Cl)cc2)CCOCC1. The predicted molar refractivity (Wildman–Crippen MR) is 102 cm³/mol. The third-order valence-corrected chi connectivity index (χ3v) is 5.04. The Morgan fingerprint density at radius 3 is 2.62 bits per heavy atom. The normalized spacial score (nSPS) is 16.5. The zero-order chi connectivity index (χ0) is 18.4. The predicted octanol–water partition coefficient (Wildman–Crippen LogP) is 4.36. The number of benzene rings is 2. The summed E-state index contributed by atoms with van der Waals surface area (Å²) < 4.78 is 18.7. The van der Waals surface area contributed by atoms with Gasteiger partial charge in [-0.3, -0.25) is 4.79 Å². The molecule has 5 heteroatoms. The Balaban J connectivity index is 1.68. The molecule has 1 aliphatic heterocycles. The number of ether oxygens (including phenoxy) is 1. The molecule has 3 rings (SSSR count). The van der Waals surface area contributed by atoms with Crippen LogP contribution in [-0.4, -0.2) is 25.7 Å². The van der Waals surface area contributed by atoms with E-state index in [-0.39, 0.29) is 17.1 Å². The Morgan fingerprint density at radius 1 is 1.19 bits per heavy atom. The van der Waals surface area contributed by atoms with Gasteiger partial charge in [0.2, 0.25) is 5.91 Å². The van der Waals surface area contributed by atoms with Crippen LogP contribution < -0.4 is 5.32 Å². The van der Waals surface area contributed by atoms with E-state index in [1.807, 2.05) is 24.3 Å². The molecule has 0 unspecified atom stereocenters. The fraction of sp³-hybridized carbons (Fsp3) is 0.286. The van der Waals surface area contributed by atoms with Crippen LogP contribution in [0.4, 0.5) is 4.39 Å². The highest BCUT2D eigenvalue weighted by Crippen LogP contribution is 2.34. The molecule has 1 heterocycles. The lowest BCUT2D eigenvalue weighted by Crippen LogP contribution is -2.44. The lowest BCUT2D eigenvalue weighted by molar-refractivity contribution is -0.116. The summed E-state index contributed by atoms with van der Waals surface area (Å²) >= 11 is 6.00. The smallest absolute Gasteiger partial charge is 0.244 e. The standard InChI is InChI=1S/C21H21ClFNO2/c22-18-7-5-17(6-8-18)21(10-12-26-13-11-21)15-24-20(25)9-4-16-2-1-3-19(23)14-16/h1-9,14H,10-13,15H2,(H,24,25)/b9-4+. The maximum atomic E-state index is 13.2. The van der Waals surface area contributed by atoms with Crippen molar-refractivity contribution >= 4 is 23.6 Å². The molecule has 1 fully saturated rings. The molecule has 0 radical (unpaired) electrons. The molecular weight excluding hydrogens is 353 g/mol. The average Bonchev–Trinajstić information content (AvgIpc) is 2.66. The van der Waals surface area contributed by atoms with Crippen LogP contribution in [0.1, 0.15) is 24.0 Å². The first-order valence-corrected chi connectivity index (χ1v) is 9.01. The van der Waals surface area contributed by atoms with Crippen molar-refractivity contribution in [1.29, 1.82) is 0 Å². The second-order valence-electron chi connectivity index (χ2n) is 6.51. The molecular formula is C21H21ClFNO2. The number of nitrogens with one attached hydrogen (secondary N) is 1. The molecule has 0 saturated carbocycles. The van der Waals surface area contributed by atoms with Crippen molar-refractivity contribution in [3.8, 4) is 0 Å². The number of halogens is 2. The molecule has 26 heavy (non-hydrogen) atoms.